The van der Waals surface area contributed by atoms with Gasteiger partial charge in [0.1, 0.15) is 5.75 Å². The van der Waals surface area contributed by atoms with Crippen LogP contribution in [0.2, 0.25) is 0 Å². The van der Waals surface area contributed by atoms with Gasteiger partial charge in [-0.1, -0.05) is 0 Å². The third kappa shape index (κ3) is 2.32. The highest BCUT2D eigenvalue weighted by Crippen LogP contribution is 2.19. The minimum absolute atomic E-state index is 0.681. The van der Waals surface area contributed by atoms with Gasteiger partial charge < -0.3 is 9.72 Å². The first-order chi connectivity index (χ1) is 7.40. The van der Waals surface area contributed by atoms with Crippen LogP contribution in [0.3, 0.4) is 0 Å². The standard InChI is InChI=1S/C13H13NO/c1-2-3-4-9-15-12-5-6-13-11(10-12)7-8-14-13/h1,5-8,10,14H,3-4,9H2. The molecule has 2 heteroatoms. The zero-order valence-electron chi connectivity index (χ0n) is 8.49. The summed E-state index contributed by atoms with van der Waals surface area (Å²) in [6.07, 6.45) is 8.76. The van der Waals surface area contributed by atoms with E-state index in [4.69, 9.17) is 11.2 Å². The fourth-order valence-corrected chi connectivity index (χ4v) is 1.49. The van der Waals surface area contributed by atoms with Gasteiger partial charge in [0, 0.05) is 23.5 Å². The Morgan fingerprint density at radius 1 is 1.33 bits per heavy atom. The van der Waals surface area contributed by atoms with Gasteiger partial charge in [-0.05, 0) is 30.7 Å². The van der Waals surface area contributed by atoms with Crippen molar-refractivity contribution in [3.8, 4) is 18.1 Å². The quantitative estimate of drug-likeness (QED) is 0.594. The van der Waals surface area contributed by atoms with Crippen LogP contribution in [0, 0.1) is 12.3 Å². The number of nitrogens with one attached hydrogen (secondary N) is 1. The van der Waals surface area contributed by atoms with Crippen LogP contribution in [0.1, 0.15) is 12.8 Å². The molecule has 1 aromatic heterocycles. The van der Waals surface area contributed by atoms with Crippen molar-refractivity contribution >= 4 is 10.9 Å². The third-order valence-electron chi connectivity index (χ3n) is 2.26. The van der Waals surface area contributed by atoms with Crippen LogP contribution < -0.4 is 4.74 Å². The van der Waals surface area contributed by atoms with E-state index in [0.717, 1.165) is 24.1 Å². The highest BCUT2D eigenvalue weighted by atomic mass is 16.5. The lowest BCUT2D eigenvalue weighted by Gasteiger charge is -2.04. The molecule has 1 N–H and O–H groups in total. The average Bonchev–Trinajstić information content (AvgIpc) is 2.71. The molecular weight excluding hydrogens is 186 g/mol. The number of benzene rings is 1. The second-order valence-electron chi connectivity index (χ2n) is 3.38. The minimum atomic E-state index is 0.681. The zero-order valence-corrected chi connectivity index (χ0v) is 8.49. The lowest BCUT2D eigenvalue weighted by Crippen LogP contribution is -1.96. The van der Waals surface area contributed by atoms with Crippen molar-refractivity contribution in [3.05, 3.63) is 30.5 Å². The molecule has 0 fully saturated rings. The Morgan fingerprint density at radius 2 is 2.27 bits per heavy atom. The monoisotopic (exact) mass is 199 g/mol. The van der Waals surface area contributed by atoms with E-state index in [1.165, 1.54) is 5.39 Å². The Labute approximate surface area is 89.3 Å². The molecule has 0 unspecified atom stereocenters. The number of terminal acetylenes is 1. The fraction of sp³-hybridized carbons (Fsp3) is 0.231. The van der Waals surface area contributed by atoms with Gasteiger partial charge in [-0.15, -0.1) is 12.3 Å². The molecule has 0 radical (unpaired) electrons. The largest absolute Gasteiger partial charge is 0.494 e. The molecule has 0 bridgehead atoms. The molecule has 0 saturated carbocycles. The first kappa shape index (κ1) is 9.67. The van der Waals surface area contributed by atoms with Gasteiger partial charge in [0.05, 0.1) is 6.61 Å². The van der Waals surface area contributed by atoms with Crippen molar-refractivity contribution in [2.24, 2.45) is 0 Å². The summed E-state index contributed by atoms with van der Waals surface area (Å²) in [5, 5.41) is 1.17. The van der Waals surface area contributed by atoms with Gasteiger partial charge in [0.15, 0.2) is 0 Å². The molecule has 1 heterocycles. The molecule has 2 aromatic rings. The van der Waals surface area contributed by atoms with Gasteiger partial charge in [-0.3, -0.25) is 0 Å². The fourth-order valence-electron chi connectivity index (χ4n) is 1.49. The van der Waals surface area contributed by atoms with Crippen LogP contribution in [0.5, 0.6) is 5.75 Å². The van der Waals surface area contributed by atoms with Crippen LogP contribution in [0.4, 0.5) is 0 Å². The number of rotatable bonds is 4. The number of fused-ring (bicyclic) bond motifs is 1. The molecule has 0 aliphatic carbocycles. The predicted molar refractivity (Wildman–Crippen MR) is 61.9 cm³/mol. The Kier molecular flexibility index (Phi) is 2.94. The summed E-state index contributed by atoms with van der Waals surface area (Å²) >= 11 is 0. The first-order valence-electron chi connectivity index (χ1n) is 5.03. The van der Waals surface area contributed by atoms with Gasteiger partial charge in [-0.2, -0.15) is 0 Å². The summed E-state index contributed by atoms with van der Waals surface area (Å²) in [6, 6.07) is 8.05. The van der Waals surface area contributed by atoms with Crippen LogP contribution >= 0.6 is 0 Å². The highest BCUT2D eigenvalue weighted by Gasteiger charge is 1.97. The van der Waals surface area contributed by atoms with Gasteiger partial charge in [0.25, 0.3) is 0 Å². The van der Waals surface area contributed by atoms with Crippen molar-refractivity contribution in [1.82, 2.24) is 4.98 Å². The number of hydrogen-bond acceptors (Lipinski definition) is 1. The number of unbranched alkanes of at least 4 members (excludes halogenated alkanes) is 1. The van der Waals surface area contributed by atoms with Crippen molar-refractivity contribution in [2.45, 2.75) is 12.8 Å². The van der Waals surface area contributed by atoms with E-state index in [1.807, 2.05) is 30.5 Å². The molecule has 2 nitrogen and oxygen atoms in total. The number of aromatic amines is 1. The molecular formula is C13H13NO. The molecule has 2 rings (SSSR count). The highest BCUT2D eigenvalue weighted by molar-refractivity contribution is 5.80. The lowest BCUT2D eigenvalue weighted by molar-refractivity contribution is 0.313. The topological polar surface area (TPSA) is 25.0 Å². The van der Waals surface area contributed by atoms with Crippen LogP contribution in [-0.2, 0) is 0 Å². The molecule has 76 valence electrons. The van der Waals surface area contributed by atoms with Gasteiger partial charge >= 0.3 is 0 Å². The minimum Gasteiger partial charge on any atom is -0.494 e. The van der Waals surface area contributed by atoms with E-state index >= 15 is 0 Å². The van der Waals surface area contributed by atoms with E-state index in [9.17, 15) is 0 Å². The number of ether oxygens (including phenoxy) is 1. The van der Waals surface area contributed by atoms with Crippen molar-refractivity contribution < 1.29 is 4.74 Å². The molecule has 0 atom stereocenters. The van der Waals surface area contributed by atoms with E-state index in [1.54, 1.807) is 0 Å². The van der Waals surface area contributed by atoms with E-state index in [2.05, 4.69) is 10.9 Å². The Morgan fingerprint density at radius 3 is 3.13 bits per heavy atom. The van der Waals surface area contributed by atoms with Crippen LogP contribution in [-0.4, -0.2) is 11.6 Å². The van der Waals surface area contributed by atoms with E-state index < -0.39 is 0 Å². The Balaban J connectivity index is 1.99. The SMILES string of the molecule is C#CCCCOc1ccc2[nH]ccc2c1. The molecule has 0 spiro atoms. The maximum absolute atomic E-state index is 5.58. The normalized spacial score (nSPS) is 10.1. The lowest BCUT2D eigenvalue weighted by atomic mass is 10.2. The van der Waals surface area contributed by atoms with E-state index in [-0.39, 0.29) is 0 Å². The predicted octanol–water partition coefficient (Wildman–Crippen LogP) is 2.96. The molecule has 15 heavy (non-hydrogen) atoms. The summed E-state index contributed by atoms with van der Waals surface area (Å²) in [6.45, 7) is 0.681. The van der Waals surface area contributed by atoms with E-state index in [0.29, 0.717) is 6.61 Å². The average molecular weight is 199 g/mol. The number of aromatic nitrogens is 1. The summed E-state index contributed by atoms with van der Waals surface area (Å²) in [5.74, 6) is 3.50. The zero-order chi connectivity index (χ0) is 10.5. The van der Waals surface area contributed by atoms with Crippen molar-refractivity contribution in [3.63, 3.8) is 0 Å². The van der Waals surface area contributed by atoms with Crippen LogP contribution in [0.15, 0.2) is 30.5 Å². The maximum atomic E-state index is 5.58. The third-order valence-corrected chi connectivity index (χ3v) is 2.26. The first-order valence-corrected chi connectivity index (χ1v) is 5.03. The van der Waals surface area contributed by atoms with Crippen molar-refractivity contribution in [1.29, 1.82) is 0 Å². The molecule has 0 saturated heterocycles. The Bertz CT molecular complexity index is 478. The summed E-state index contributed by atoms with van der Waals surface area (Å²) in [5.41, 5.74) is 1.13. The smallest absolute Gasteiger partial charge is 0.120 e. The maximum Gasteiger partial charge on any atom is 0.120 e. The number of hydrogen-bond donors (Lipinski definition) is 1. The summed E-state index contributed by atoms with van der Waals surface area (Å²) in [7, 11) is 0. The molecule has 0 aliphatic heterocycles. The second-order valence-corrected chi connectivity index (χ2v) is 3.38. The second kappa shape index (κ2) is 4.56. The molecule has 1 aromatic carbocycles. The Hall–Kier alpha value is -1.88. The molecule has 0 amide bonds. The van der Waals surface area contributed by atoms with Gasteiger partial charge in [-0.25, -0.2) is 0 Å². The molecule has 0 aliphatic rings. The van der Waals surface area contributed by atoms with Gasteiger partial charge in [0.2, 0.25) is 0 Å². The summed E-state index contributed by atoms with van der Waals surface area (Å²) in [4.78, 5) is 3.14. The number of H-pyrrole nitrogens is 1. The van der Waals surface area contributed by atoms with Crippen LogP contribution in [0.25, 0.3) is 10.9 Å². The van der Waals surface area contributed by atoms with Crippen molar-refractivity contribution in [2.75, 3.05) is 6.61 Å². The summed E-state index contributed by atoms with van der Waals surface area (Å²) < 4.78 is 5.58.